The van der Waals surface area contributed by atoms with Crippen LogP contribution in [0, 0.1) is 11.3 Å². The average Bonchev–Trinajstić information content (AvgIpc) is 3.11. The highest BCUT2D eigenvalue weighted by atomic mass is 16.1. The summed E-state index contributed by atoms with van der Waals surface area (Å²) in [7, 11) is 0. The van der Waals surface area contributed by atoms with Crippen LogP contribution in [0.2, 0.25) is 0 Å². The zero-order valence-corrected chi connectivity index (χ0v) is 16.4. The summed E-state index contributed by atoms with van der Waals surface area (Å²) in [6, 6.07) is 20.0. The Balaban J connectivity index is 1.69. The molecule has 0 radical (unpaired) electrons. The first kappa shape index (κ1) is 18.7. The number of aromatic amines is 1. The molecule has 0 aliphatic rings. The first-order chi connectivity index (χ1) is 14.2. The van der Waals surface area contributed by atoms with E-state index in [1.54, 1.807) is 6.20 Å². The van der Waals surface area contributed by atoms with Crippen LogP contribution in [0.5, 0.6) is 0 Å². The Bertz CT molecular complexity index is 1240. The van der Waals surface area contributed by atoms with Crippen LogP contribution in [-0.2, 0) is 13.0 Å². The summed E-state index contributed by atoms with van der Waals surface area (Å²) < 4.78 is 2.14. The number of hydrogen-bond acceptors (Lipinski definition) is 3. The van der Waals surface area contributed by atoms with Gasteiger partial charge in [-0.3, -0.25) is 4.79 Å². The normalized spacial score (nSPS) is 10.9. The third kappa shape index (κ3) is 3.70. The highest BCUT2D eigenvalue weighted by Crippen LogP contribution is 2.24. The predicted octanol–water partition coefficient (Wildman–Crippen LogP) is 4.65. The van der Waals surface area contributed by atoms with Crippen molar-refractivity contribution in [2.45, 2.75) is 32.7 Å². The molecule has 0 fully saturated rings. The number of fused-ring (bicyclic) bond motifs is 1. The molecular formula is C24H22N4O. The summed E-state index contributed by atoms with van der Waals surface area (Å²) >= 11 is 0. The minimum Gasteiger partial charge on any atom is -0.327 e. The monoisotopic (exact) mass is 382 g/mol. The maximum Gasteiger partial charge on any atom is 0.276 e. The molecule has 0 atom stereocenters. The molecule has 5 nitrogen and oxygen atoms in total. The number of nitrogens with one attached hydrogen (secondary N) is 1. The second-order valence-electron chi connectivity index (χ2n) is 7.11. The number of aryl methyl sites for hydroxylation is 1. The smallest absolute Gasteiger partial charge is 0.276 e. The molecule has 0 unspecified atom stereocenters. The summed E-state index contributed by atoms with van der Waals surface area (Å²) in [6.45, 7) is 2.80. The fraction of sp³-hybridized carbons (Fsp3) is 0.208. The van der Waals surface area contributed by atoms with E-state index in [0.717, 1.165) is 47.3 Å². The van der Waals surface area contributed by atoms with Gasteiger partial charge in [0.15, 0.2) is 5.52 Å². The van der Waals surface area contributed by atoms with Crippen LogP contribution in [0.3, 0.4) is 0 Å². The third-order valence-corrected chi connectivity index (χ3v) is 5.16. The van der Waals surface area contributed by atoms with Gasteiger partial charge in [0, 0.05) is 19.2 Å². The van der Waals surface area contributed by atoms with Gasteiger partial charge in [-0.1, -0.05) is 55.8 Å². The molecule has 2 heterocycles. The first-order valence-electron chi connectivity index (χ1n) is 9.86. The Labute approximate surface area is 169 Å². The molecule has 0 bridgehead atoms. The average molecular weight is 382 g/mol. The third-order valence-electron chi connectivity index (χ3n) is 5.16. The number of hydrogen-bond donors (Lipinski definition) is 1. The topological polar surface area (TPSA) is 74.5 Å². The van der Waals surface area contributed by atoms with Gasteiger partial charge in [-0.25, -0.2) is 4.98 Å². The fourth-order valence-electron chi connectivity index (χ4n) is 3.62. The Morgan fingerprint density at radius 3 is 2.66 bits per heavy atom. The lowest BCUT2D eigenvalue weighted by Gasteiger charge is -2.10. The minimum atomic E-state index is -0.151. The van der Waals surface area contributed by atoms with Gasteiger partial charge in [-0.2, -0.15) is 5.26 Å². The Morgan fingerprint density at radius 1 is 1.10 bits per heavy atom. The van der Waals surface area contributed by atoms with E-state index in [0.29, 0.717) is 17.6 Å². The number of unbranched alkanes of at least 4 members (excludes halogenated alkanes) is 1. The number of nitrogens with zero attached hydrogens (tertiary/aromatic N) is 3. The van der Waals surface area contributed by atoms with Crippen LogP contribution in [0.4, 0.5) is 0 Å². The Hall–Kier alpha value is -3.65. The zero-order chi connectivity index (χ0) is 20.2. The van der Waals surface area contributed by atoms with Gasteiger partial charge in [0.05, 0.1) is 17.1 Å². The zero-order valence-electron chi connectivity index (χ0n) is 16.4. The molecule has 1 N–H and O–H groups in total. The largest absolute Gasteiger partial charge is 0.327 e. The van der Waals surface area contributed by atoms with Gasteiger partial charge < -0.3 is 9.55 Å². The second-order valence-corrected chi connectivity index (χ2v) is 7.11. The number of rotatable bonds is 6. The second kappa shape index (κ2) is 8.15. The van der Waals surface area contributed by atoms with Crippen molar-refractivity contribution in [3.63, 3.8) is 0 Å². The van der Waals surface area contributed by atoms with Crippen molar-refractivity contribution >= 4 is 11.0 Å². The number of benzene rings is 2. The van der Waals surface area contributed by atoms with Crippen LogP contribution in [0.1, 0.15) is 36.7 Å². The fourth-order valence-corrected chi connectivity index (χ4v) is 3.62. The van der Waals surface area contributed by atoms with Crippen molar-refractivity contribution in [3.05, 3.63) is 88.1 Å². The van der Waals surface area contributed by atoms with E-state index in [4.69, 9.17) is 0 Å². The lowest BCUT2D eigenvalue weighted by atomic mass is 9.99. The molecule has 0 spiro atoms. The molecule has 0 aliphatic heterocycles. The number of imidazole rings is 1. The Morgan fingerprint density at radius 2 is 1.90 bits per heavy atom. The molecule has 4 aromatic rings. The summed E-state index contributed by atoms with van der Waals surface area (Å²) in [5, 5.41) is 9.34. The number of nitriles is 1. The minimum absolute atomic E-state index is 0.151. The molecule has 5 heteroatoms. The van der Waals surface area contributed by atoms with E-state index in [-0.39, 0.29) is 5.56 Å². The molecule has 2 aromatic carbocycles. The van der Waals surface area contributed by atoms with Crippen LogP contribution < -0.4 is 5.56 Å². The summed E-state index contributed by atoms with van der Waals surface area (Å²) in [4.78, 5) is 19.5. The van der Waals surface area contributed by atoms with E-state index in [1.165, 1.54) is 0 Å². The van der Waals surface area contributed by atoms with Crippen molar-refractivity contribution in [1.82, 2.24) is 14.5 Å². The van der Waals surface area contributed by atoms with E-state index in [9.17, 15) is 10.1 Å². The van der Waals surface area contributed by atoms with E-state index in [2.05, 4.69) is 39.7 Å². The van der Waals surface area contributed by atoms with Crippen molar-refractivity contribution < 1.29 is 0 Å². The lowest BCUT2D eigenvalue weighted by Crippen LogP contribution is -2.06. The molecule has 29 heavy (non-hydrogen) atoms. The molecule has 4 rings (SSSR count). The van der Waals surface area contributed by atoms with Crippen LogP contribution in [-0.4, -0.2) is 14.5 Å². The van der Waals surface area contributed by atoms with Crippen molar-refractivity contribution in [2.75, 3.05) is 0 Å². The summed E-state index contributed by atoms with van der Waals surface area (Å²) in [5.41, 5.74) is 4.95. The molecule has 0 aliphatic carbocycles. The highest BCUT2D eigenvalue weighted by Gasteiger charge is 2.13. The summed E-state index contributed by atoms with van der Waals surface area (Å²) in [5.74, 6) is 0.942. The van der Waals surface area contributed by atoms with Gasteiger partial charge in [0.2, 0.25) is 0 Å². The number of aromatic nitrogens is 3. The first-order valence-corrected chi connectivity index (χ1v) is 9.86. The SMILES string of the molecule is CCCCc1nc2c(=O)[nH]ccc2n1Cc1ccc(-c2ccccc2C#N)cc1. The standard InChI is InChI=1S/C24H22N4O/c1-2-3-8-22-27-23-21(13-14-26-24(23)29)28(22)16-17-9-11-18(12-10-17)20-7-5-4-6-19(20)15-25/h4-7,9-14H,2-3,8,16H2,1H3,(H,26,29). The van der Waals surface area contributed by atoms with Crippen molar-refractivity contribution in [1.29, 1.82) is 5.26 Å². The maximum atomic E-state index is 12.2. The van der Waals surface area contributed by atoms with E-state index >= 15 is 0 Å². The van der Waals surface area contributed by atoms with Crippen LogP contribution in [0.15, 0.2) is 65.6 Å². The molecule has 2 aromatic heterocycles. The van der Waals surface area contributed by atoms with Crippen molar-refractivity contribution in [3.8, 4) is 17.2 Å². The molecule has 144 valence electrons. The number of pyridine rings is 1. The van der Waals surface area contributed by atoms with Crippen molar-refractivity contribution in [2.24, 2.45) is 0 Å². The highest BCUT2D eigenvalue weighted by molar-refractivity contribution is 5.75. The Kier molecular flexibility index (Phi) is 5.26. The van der Waals surface area contributed by atoms with Gasteiger partial charge in [-0.05, 0) is 35.2 Å². The lowest BCUT2D eigenvalue weighted by molar-refractivity contribution is 0.690. The quantitative estimate of drug-likeness (QED) is 0.527. The van der Waals surface area contributed by atoms with E-state index in [1.807, 2.05) is 42.5 Å². The molecule has 0 amide bonds. The van der Waals surface area contributed by atoms with E-state index < -0.39 is 0 Å². The molecule has 0 saturated carbocycles. The van der Waals surface area contributed by atoms with Gasteiger partial charge in [0.25, 0.3) is 5.56 Å². The van der Waals surface area contributed by atoms with Crippen LogP contribution >= 0.6 is 0 Å². The number of H-pyrrole nitrogens is 1. The molecule has 0 saturated heterocycles. The van der Waals surface area contributed by atoms with Gasteiger partial charge >= 0.3 is 0 Å². The van der Waals surface area contributed by atoms with Crippen LogP contribution in [0.25, 0.3) is 22.2 Å². The summed E-state index contributed by atoms with van der Waals surface area (Å²) in [6.07, 6.45) is 4.63. The maximum absolute atomic E-state index is 12.2. The predicted molar refractivity (Wildman–Crippen MR) is 115 cm³/mol. The molecular weight excluding hydrogens is 360 g/mol. The van der Waals surface area contributed by atoms with Gasteiger partial charge in [-0.15, -0.1) is 0 Å². The van der Waals surface area contributed by atoms with Gasteiger partial charge in [0.1, 0.15) is 5.82 Å².